The molecule has 1 saturated heterocycles. The number of rotatable bonds is 2. The van der Waals surface area contributed by atoms with Gasteiger partial charge in [0.1, 0.15) is 11.5 Å². The van der Waals surface area contributed by atoms with Crippen molar-refractivity contribution in [3.8, 4) is 11.5 Å². The van der Waals surface area contributed by atoms with Gasteiger partial charge in [0.15, 0.2) is 4.45 Å². The average molecular weight is 317 g/mol. The van der Waals surface area contributed by atoms with E-state index in [1.54, 1.807) is 12.1 Å². The molecule has 0 radical (unpaired) electrons. The van der Waals surface area contributed by atoms with Gasteiger partial charge in [-0.1, -0.05) is 11.6 Å². The first-order valence-corrected chi connectivity index (χ1v) is 8.05. The lowest BCUT2D eigenvalue weighted by atomic mass is 9.78. The van der Waals surface area contributed by atoms with Crippen molar-refractivity contribution in [3.63, 3.8) is 0 Å². The van der Waals surface area contributed by atoms with Crippen LogP contribution in [0, 0.1) is 0 Å². The number of thioether (sulfide) groups is 1. The van der Waals surface area contributed by atoms with Crippen LogP contribution in [0.25, 0.3) is 0 Å². The van der Waals surface area contributed by atoms with E-state index >= 15 is 0 Å². The van der Waals surface area contributed by atoms with Crippen LogP contribution in [0.15, 0.2) is 18.2 Å². The summed E-state index contributed by atoms with van der Waals surface area (Å²) in [4.78, 5) is 0. The highest BCUT2D eigenvalue weighted by atomic mass is 35.5. The lowest BCUT2D eigenvalue weighted by Gasteiger charge is -2.52. The number of phenolic OH excluding ortho intramolecular Hbond substituents is 2. The number of phenols is 2. The first-order chi connectivity index (χ1) is 9.09. The minimum atomic E-state index is -0.805. The molecular formula is C14H21ClN2O2S. The van der Waals surface area contributed by atoms with E-state index < -0.39 is 9.99 Å². The normalized spacial score (nSPS) is 33.0. The lowest BCUT2D eigenvalue weighted by molar-refractivity contribution is 0.137. The summed E-state index contributed by atoms with van der Waals surface area (Å²) < 4.78 is -0.805. The first-order valence-electron chi connectivity index (χ1n) is 6.44. The van der Waals surface area contributed by atoms with Gasteiger partial charge in [-0.3, -0.25) is 10.6 Å². The molecule has 2 rings (SSSR count). The maximum atomic E-state index is 10.2. The molecule has 1 aliphatic heterocycles. The Labute approximate surface area is 128 Å². The van der Waals surface area contributed by atoms with Crippen molar-refractivity contribution in [3.05, 3.63) is 23.8 Å². The second-order valence-electron chi connectivity index (χ2n) is 6.14. The van der Waals surface area contributed by atoms with E-state index in [-0.39, 0.29) is 17.0 Å². The number of nitrogens with one attached hydrogen (secondary N) is 2. The summed E-state index contributed by atoms with van der Waals surface area (Å²) in [7, 11) is 0. The zero-order valence-corrected chi connectivity index (χ0v) is 13.7. The smallest absolute Gasteiger partial charge is 0.196 e. The largest absolute Gasteiger partial charge is 0.508 e. The van der Waals surface area contributed by atoms with Crippen molar-refractivity contribution in [2.75, 3.05) is 6.26 Å². The van der Waals surface area contributed by atoms with Gasteiger partial charge in [0, 0.05) is 22.7 Å². The van der Waals surface area contributed by atoms with Crippen LogP contribution in [0.5, 0.6) is 11.5 Å². The molecule has 1 aromatic carbocycles. The number of benzene rings is 1. The highest BCUT2D eigenvalue weighted by Crippen LogP contribution is 2.44. The van der Waals surface area contributed by atoms with Crippen LogP contribution in [0.2, 0.25) is 0 Å². The van der Waals surface area contributed by atoms with Crippen LogP contribution in [-0.4, -0.2) is 26.5 Å². The van der Waals surface area contributed by atoms with E-state index in [9.17, 15) is 10.2 Å². The number of aromatic hydroxyl groups is 2. The second-order valence-corrected chi connectivity index (χ2v) is 7.96. The maximum absolute atomic E-state index is 10.2. The Kier molecular flexibility index (Phi) is 3.93. The van der Waals surface area contributed by atoms with Gasteiger partial charge in [0.25, 0.3) is 0 Å². The molecule has 1 aliphatic rings. The highest BCUT2D eigenvalue weighted by Gasteiger charge is 2.48. The van der Waals surface area contributed by atoms with Crippen molar-refractivity contribution in [2.24, 2.45) is 0 Å². The van der Waals surface area contributed by atoms with Gasteiger partial charge >= 0.3 is 0 Å². The van der Waals surface area contributed by atoms with Gasteiger partial charge in [-0.05, 0) is 45.6 Å². The van der Waals surface area contributed by atoms with Crippen LogP contribution in [0.1, 0.15) is 32.8 Å². The number of alkyl halides is 1. The van der Waals surface area contributed by atoms with Crippen LogP contribution < -0.4 is 10.6 Å². The zero-order valence-electron chi connectivity index (χ0n) is 12.1. The fourth-order valence-electron chi connectivity index (χ4n) is 3.04. The molecule has 2 atom stereocenters. The van der Waals surface area contributed by atoms with Gasteiger partial charge in [-0.15, -0.1) is 11.8 Å². The summed E-state index contributed by atoms with van der Waals surface area (Å²) in [6, 6.07) is 4.66. The van der Waals surface area contributed by atoms with Crippen LogP contribution in [0.3, 0.4) is 0 Å². The van der Waals surface area contributed by atoms with Gasteiger partial charge in [0.2, 0.25) is 0 Å². The van der Waals surface area contributed by atoms with E-state index in [1.165, 1.54) is 17.8 Å². The van der Waals surface area contributed by atoms with Gasteiger partial charge in [-0.2, -0.15) is 0 Å². The molecule has 6 heteroatoms. The maximum Gasteiger partial charge on any atom is 0.196 e. The number of hydrogen-bond donors (Lipinski definition) is 4. The first kappa shape index (κ1) is 15.8. The summed E-state index contributed by atoms with van der Waals surface area (Å²) in [5.74, 6) is 0.114. The molecule has 0 unspecified atom stereocenters. The summed E-state index contributed by atoms with van der Waals surface area (Å²) in [5.41, 5.74) is 0.0239. The molecule has 0 aliphatic carbocycles. The standard InChI is InChI=1S/C14H21ClN2O2S/c1-12(2)8-13(3,17-14(15,16-12)20-4)10-6-5-9(18)7-11(10)19/h5-7,16-19H,8H2,1-4H3/t13-,14-/m1/s1. The zero-order chi connectivity index (χ0) is 15.2. The molecule has 4 nitrogen and oxygen atoms in total. The van der Waals surface area contributed by atoms with Crippen LogP contribution in [0.4, 0.5) is 0 Å². The number of halogens is 1. The Hall–Kier alpha value is -0.620. The van der Waals surface area contributed by atoms with Crippen molar-refractivity contribution >= 4 is 23.4 Å². The molecule has 0 bridgehead atoms. The number of hydrogen-bond acceptors (Lipinski definition) is 5. The summed E-state index contributed by atoms with van der Waals surface area (Å²) >= 11 is 8.04. The van der Waals surface area contributed by atoms with Crippen LogP contribution in [-0.2, 0) is 5.54 Å². The Morgan fingerprint density at radius 2 is 1.85 bits per heavy atom. The Bertz CT molecular complexity index is 526. The molecule has 0 amide bonds. The second kappa shape index (κ2) is 4.98. The molecule has 1 fully saturated rings. The predicted molar refractivity (Wildman–Crippen MR) is 84.2 cm³/mol. The monoisotopic (exact) mass is 316 g/mol. The SMILES string of the molecule is CS[C@]1(Cl)NC(C)(C)C[C@](C)(c2ccc(O)cc2O)N1. The van der Waals surface area contributed by atoms with Crippen molar-refractivity contribution in [2.45, 2.75) is 42.7 Å². The average Bonchev–Trinajstić information content (AvgIpc) is 2.25. The minimum absolute atomic E-state index is 0.0463. The molecule has 20 heavy (non-hydrogen) atoms. The third-order valence-corrected chi connectivity index (χ3v) is 5.01. The fourth-order valence-corrected chi connectivity index (χ4v) is 4.21. The quantitative estimate of drug-likeness (QED) is 0.499. The van der Waals surface area contributed by atoms with Gasteiger partial charge in [0.05, 0.1) is 0 Å². The van der Waals surface area contributed by atoms with E-state index in [4.69, 9.17) is 11.6 Å². The topological polar surface area (TPSA) is 64.5 Å². The highest BCUT2D eigenvalue weighted by molar-refractivity contribution is 8.01. The van der Waals surface area contributed by atoms with E-state index in [2.05, 4.69) is 24.5 Å². The molecule has 1 aromatic rings. The molecule has 1 heterocycles. The molecule has 0 saturated carbocycles. The van der Waals surface area contributed by atoms with Crippen LogP contribution >= 0.6 is 23.4 Å². The van der Waals surface area contributed by atoms with Gasteiger partial charge < -0.3 is 10.2 Å². The van der Waals surface area contributed by atoms with E-state index in [0.717, 1.165) is 12.0 Å². The molecule has 112 valence electrons. The van der Waals surface area contributed by atoms with E-state index in [1.807, 2.05) is 13.2 Å². The van der Waals surface area contributed by atoms with Gasteiger partial charge in [-0.25, -0.2) is 0 Å². The minimum Gasteiger partial charge on any atom is -0.508 e. The molecule has 4 N–H and O–H groups in total. The molecular weight excluding hydrogens is 296 g/mol. The molecule has 0 spiro atoms. The fraction of sp³-hybridized carbons (Fsp3) is 0.571. The summed E-state index contributed by atoms with van der Waals surface area (Å²) in [6.07, 6.45) is 2.67. The third kappa shape index (κ3) is 3.01. The summed E-state index contributed by atoms with van der Waals surface area (Å²) in [5, 5.41) is 26.3. The predicted octanol–water partition coefficient (Wildman–Crippen LogP) is 2.89. The summed E-state index contributed by atoms with van der Waals surface area (Å²) in [6.45, 7) is 6.17. The molecule has 0 aromatic heterocycles. The Morgan fingerprint density at radius 3 is 2.40 bits per heavy atom. The Morgan fingerprint density at radius 1 is 1.20 bits per heavy atom. The lowest BCUT2D eigenvalue weighted by Crippen LogP contribution is -2.70. The van der Waals surface area contributed by atoms with Crippen molar-refractivity contribution < 1.29 is 10.2 Å². The van der Waals surface area contributed by atoms with Crippen molar-refractivity contribution in [1.29, 1.82) is 0 Å². The Balaban J connectivity index is 2.46. The van der Waals surface area contributed by atoms with E-state index in [0.29, 0.717) is 0 Å². The van der Waals surface area contributed by atoms with Crippen molar-refractivity contribution in [1.82, 2.24) is 10.6 Å². The third-order valence-electron chi connectivity index (χ3n) is 3.59.